The first-order valence-electron chi connectivity index (χ1n) is 5.91. The average molecular weight is 368 g/mol. The van der Waals surface area contributed by atoms with Gasteiger partial charge in [0.15, 0.2) is 0 Å². The van der Waals surface area contributed by atoms with Crippen LogP contribution in [0.3, 0.4) is 0 Å². The Morgan fingerprint density at radius 1 is 1.29 bits per heavy atom. The number of nitrogens with one attached hydrogen (secondary N) is 1. The lowest BCUT2D eigenvalue weighted by Gasteiger charge is -2.08. The highest BCUT2D eigenvalue weighted by Crippen LogP contribution is 2.27. The number of carboxylic acid groups (broad SMARTS) is 1. The molecule has 0 atom stereocenters. The van der Waals surface area contributed by atoms with E-state index in [1.54, 1.807) is 30.3 Å². The molecule has 7 heteroatoms. The Morgan fingerprint density at radius 2 is 2.05 bits per heavy atom. The molecule has 3 aromatic rings. The van der Waals surface area contributed by atoms with Gasteiger partial charge in [0.1, 0.15) is 0 Å². The molecule has 0 saturated carbocycles. The number of para-hydroxylation sites is 1. The summed E-state index contributed by atoms with van der Waals surface area (Å²) in [5.74, 6) is -1.11. The number of aromatic amines is 1. The van der Waals surface area contributed by atoms with Crippen molar-refractivity contribution in [2.75, 3.05) is 0 Å². The van der Waals surface area contributed by atoms with E-state index in [0.717, 1.165) is 4.47 Å². The highest BCUT2D eigenvalue weighted by atomic mass is 79.9. The second-order valence-electron chi connectivity index (χ2n) is 4.37. The summed E-state index contributed by atoms with van der Waals surface area (Å²) in [5, 5.41) is 9.65. The summed E-state index contributed by atoms with van der Waals surface area (Å²) in [7, 11) is 0. The largest absolute Gasteiger partial charge is 0.478 e. The number of imidazole rings is 1. The van der Waals surface area contributed by atoms with Crippen molar-refractivity contribution in [1.82, 2.24) is 9.55 Å². The molecule has 0 spiro atoms. The van der Waals surface area contributed by atoms with Gasteiger partial charge in [0.05, 0.1) is 27.3 Å². The summed E-state index contributed by atoms with van der Waals surface area (Å²) in [6.45, 7) is 0. The van der Waals surface area contributed by atoms with E-state index < -0.39 is 11.7 Å². The van der Waals surface area contributed by atoms with Crippen molar-refractivity contribution in [2.45, 2.75) is 0 Å². The van der Waals surface area contributed by atoms with E-state index in [1.165, 1.54) is 10.6 Å². The van der Waals surface area contributed by atoms with Gasteiger partial charge in [-0.15, -0.1) is 0 Å². The molecule has 0 aliphatic rings. The van der Waals surface area contributed by atoms with E-state index in [1.807, 2.05) is 0 Å². The zero-order valence-electron chi connectivity index (χ0n) is 10.4. The molecule has 2 aromatic carbocycles. The molecule has 5 nitrogen and oxygen atoms in total. The lowest BCUT2D eigenvalue weighted by molar-refractivity contribution is 0.0698. The predicted molar refractivity (Wildman–Crippen MR) is 83.6 cm³/mol. The highest BCUT2D eigenvalue weighted by molar-refractivity contribution is 9.10. The highest BCUT2D eigenvalue weighted by Gasteiger charge is 2.18. The normalized spacial score (nSPS) is 11.0. The summed E-state index contributed by atoms with van der Waals surface area (Å²) in [6, 6.07) is 9.70. The van der Waals surface area contributed by atoms with Crippen LogP contribution in [0, 0.1) is 0 Å². The Morgan fingerprint density at radius 3 is 2.71 bits per heavy atom. The van der Waals surface area contributed by atoms with Crippen molar-refractivity contribution in [3.05, 3.63) is 61.9 Å². The fraction of sp³-hybridized carbons (Fsp3) is 0. The van der Waals surface area contributed by atoms with Crippen LogP contribution >= 0.6 is 27.5 Å². The zero-order valence-corrected chi connectivity index (χ0v) is 12.8. The summed E-state index contributed by atoms with van der Waals surface area (Å²) in [6.07, 6.45) is 0. The molecule has 3 rings (SSSR count). The lowest BCUT2D eigenvalue weighted by Crippen LogP contribution is -2.16. The first kappa shape index (κ1) is 13.9. The Balaban J connectivity index is 2.45. The van der Waals surface area contributed by atoms with Gasteiger partial charge in [-0.2, -0.15) is 0 Å². The Hall–Kier alpha value is -2.05. The van der Waals surface area contributed by atoms with Crippen molar-refractivity contribution >= 4 is 44.5 Å². The van der Waals surface area contributed by atoms with Crippen LogP contribution in [0.15, 0.2) is 45.7 Å². The van der Waals surface area contributed by atoms with Gasteiger partial charge in [0.2, 0.25) is 0 Å². The standard InChI is InChI=1S/C14H8BrClN2O3/c15-7-4-5-11(9(16)6-7)18-12-8(13(19)20)2-1-3-10(12)17-14(18)21/h1-6H,(H,17,21)(H,19,20). The lowest BCUT2D eigenvalue weighted by atomic mass is 10.2. The quantitative estimate of drug-likeness (QED) is 0.728. The van der Waals surface area contributed by atoms with Crippen molar-refractivity contribution in [2.24, 2.45) is 0 Å². The molecule has 0 fully saturated rings. The number of aromatic carboxylic acids is 1. The van der Waals surface area contributed by atoms with Crippen molar-refractivity contribution < 1.29 is 9.90 Å². The molecule has 0 amide bonds. The van der Waals surface area contributed by atoms with Crippen LogP contribution in [-0.2, 0) is 0 Å². The van der Waals surface area contributed by atoms with E-state index in [4.69, 9.17) is 11.6 Å². The molecule has 0 saturated heterocycles. The number of carboxylic acids is 1. The summed E-state index contributed by atoms with van der Waals surface area (Å²) < 4.78 is 2.04. The maximum atomic E-state index is 12.2. The molecule has 1 heterocycles. The maximum absolute atomic E-state index is 12.2. The van der Waals surface area contributed by atoms with Crippen LogP contribution < -0.4 is 5.69 Å². The minimum absolute atomic E-state index is 0.0323. The third-order valence-electron chi connectivity index (χ3n) is 3.09. The monoisotopic (exact) mass is 366 g/mol. The number of aromatic nitrogens is 2. The van der Waals surface area contributed by atoms with E-state index in [-0.39, 0.29) is 5.56 Å². The summed E-state index contributed by atoms with van der Waals surface area (Å²) in [4.78, 5) is 26.2. The van der Waals surface area contributed by atoms with Crippen LogP contribution in [0.1, 0.15) is 10.4 Å². The molecule has 0 aliphatic carbocycles. The van der Waals surface area contributed by atoms with Gasteiger partial charge in [-0.25, -0.2) is 9.59 Å². The Labute approximate surface area is 131 Å². The number of carbonyl (C=O) groups is 1. The van der Waals surface area contributed by atoms with Crippen LogP contribution in [0.25, 0.3) is 16.7 Å². The maximum Gasteiger partial charge on any atom is 0.337 e. The molecule has 106 valence electrons. The topological polar surface area (TPSA) is 75.1 Å². The number of benzene rings is 2. The Bertz CT molecular complexity index is 930. The molecule has 2 N–H and O–H groups in total. The number of rotatable bonds is 2. The van der Waals surface area contributed by atoms with Crippen LogP contribution in [-0.4, -0.2) is 20.6 Å². The Kier molecular flexibility index (Phi) is 3.35. The third kappa shape index (κ3) is 2.26. The van der Waals surface area contributed by atoms with E-state index in [0.29, 0.717) is 21.7 Å². The number of hydrogen-bond donors (Lipinski definition) is 2. The molecular weight excluding hydrogens is 360 g/mol. The predicted octanol–water partition coefficient (Wildman–Crippen LogP) is 3.43. The van der Waals surface area contributed by atoms with Crippen molar-refractivity contribution in [3.63, 3.8) is 0 Å². The molecule has 0 unspecified atom stereocenters. The van der Waals surface area contributed by atoms with Crippen LogP contribution in [0.5, 0.6) is 0 Å². The van der Waals surface area contributed by atoms with Gasteiger partial charge >= 0.3 is 11.7 Å². The van der Waals surface area contributed by atoms with Gasteiger partial charge in [-0.1, -0.05) is 33.6 Å². The van der Waals surface area contributed by atoms with Gasteiger partial charge in [-0.3, -0.25) is 4.57 Å². The smallest absolute Gasteiger partial charge is 0.337 e. The number of nitrogens with zero attached hydrogens (tertiary/aromatic N) is 1. The van der Waals surface area contributed by atoms with Crippen molar-refractivity contribution in [3.8, 4) is 5.69 Å². The van der Waals surface area contributed by atoms with Gasteiger partial charge in [0, 0.05) is 4.47 Å². The van der Waals surface area contributed by atoms with Crippen molar-refractivity contribution in [1.29, 1.82) is 0 Å². The molecule has 0 radical (unpaired) electrons. The van der Waals surface area contributed by atoms with E-state index in [2.05, 4.69) is 20.9 Å². The third-order valence-corrected chi connectivity index (χ3v) is 3.88. The molecule has 0 aliphatic heterocycles. The first-order valence-corrected chi connectivity index (χ1v) is 7.08. The second-order valence-corrected chi connectivity index (χ2v) is 5.69. The van der Waals surface area contributed by atoms with E-state index in [9.17, 15) is 14.7 Å². The molecule has 1 aromatic heterocycles. The first-order chi connectivity index (χ1) is 9.99. The minimum atomic E-state index is -1.11. The number of hydrogen-bond acceptors (Lipinski definition) is 2. The zero-order chi connectivity index (χ0) is 15.1. The SMILES string of the molecule is O=C(O)c1cccc2[nH]c(=O)n(-c3ccc(Br)cc3Cl)c12. The minimum Gasteiger partial charge on any atom is -0.478 e. The van der Waals surface area contributed by atoms with Gasteiger partial charge in [0.25, 0.3) is 0 Å². The number of halogens is 2. The fourth-order valence-corrected chi connectivity index (χ4v) is 2.98. The molecule has 0 bridgehead atoms. The molecular formula is C14H8BrClN2O3. The molecule has 21 heavy (non-hydrogen) atoms. The summed E-state index contributed by atoms with van der Waals surface area (Å²) in [5.41, 5.74) is 0.746. The van der Waals surface area contributed by atoms with Crippen LogP contribution in [0.4, 0.5) is 0 Å². The average Bonchev–Trinajstić information content (AvgIpc) is 2.74. The van der Waals surface area contributed by atoms with Gasteiger partial charge < -0.3 is 10.1 Å². The second kappa shape index (κ2) is 5.05. The van der Waals surface area contributed by atoms with Crippen LogP contribution in [0.2, 0.25) is 5.02 Å². The van der Waals surface area contributed by atoms with E-state index >= 15 is 0 Å². The van der Waals surface area contributed by atoms with Gasteiger partial charge in [-0.05, 0) is 30.3 Å². The number of fused-ring (bicyclic) bond motifs is 1. The summed E-state index contributed by atoms with van der Waals surface area (Å²) >= 11 is 9.47. The number of H-pyrrole nitrogens is 1. The fourth-order valence-electron chi connectivity index (χ4n) is 2.22.